The molecule has 4 aromatic rings. The van der Waals surface area contributed by atoms with Crippen LogP contribution in [0.15, 0.2) is 61.1 Å². The molecule has 1 N–H and O–H groups in total. The number of halogens is 1. The van der Waals surface area contributed by atoms with Crippen LogP contribution in [0.5, 0.6) is 0 Å². The smallest absolute Gasteiger partial charge is 0.274 e. The van der Waals surface area contributed by atoms with Crippen molar-refractivity contribution in [3.63, 3.8) is 0 Å². The average Bonchev–Trinajstić information content (AvgIpc) is 3.22. The number of anilines is 2. The number of rotatable bonds is 4. The van der Waals surface area contributed by atoms with Crippen LogP contribution in [0.2, 0.25) is 5.02 Å². The van der Waals surface area contributed by atoms with E-state index in [1.165, 1.54) is 0 Å². The van der Waals surface area contributed by atoms with Crippen molar-refractivity contribution < 1.29 is 4.79 Å². The predicted molar refractivity (Wildman–Crippen MR) is 125 cm³/mol. The van der Waals surface area contributed by atoms with E-state index in [0.717, 1.165) is 42.3 Å². The molecule has 1 atom stereocenters. The maximum Gasteiger partial charge on any atom is 0.274 e. The van der Waals surface area contributed by atoms with Gasteiger partial charge in [0.15, 0.2) is 0 Å². The number of carbonyl (C=O) groups excluding carboxylic acids is 1. The van der Waals surface area contributed by atoms with E-state index in [-0.39, 0.29) is 11.8 Å². The van der Waals surface area contributed by atoms with Crippen LogP contribution in [0.25, 0.3) is 5.65 Å². The van der Waals surface area contributed by atoms with Gasteiger partial charge in [-0.2, -0.15) is 0 Å². The third-order valence-corrected chi connectivity index (χ3v) is 5.90. The fourth-order valence-corrected chi connectivity index (χ4v) is 4.36. The van der Waals surface area contributed by atoms with Gasteiger partial charge < -0.3 is 14.6 Å². The first kappa shape index (κ1) is 20.5. The molecule has 0 aliphatic carbocycles. The number of hydrogen-bond acceptors (Lipinski definition) is 5. The van der Waals surface area contributed by atoms with E-state index in [9.17, 15) is 4.79 Å². The third kappa shape index (κ3) is 4.29. The van der Waals surface area contributed by atoms with Gasteiger partial charge in [-0.3, -0.25) is 9.78 Å². The molecule has 0 radical (unpaired) electrons. The van der Waals surface area contributed by atoms with Crippen molar-refractivity contribution in [3.05, 3.63) is 83.2 Å². The van der Waals surface area contributed by atoms with Crippen LogP contribution < -0.4 is 5.32 Å². The maximum absolute atomic E-state index is 13.2. The summed E-state index contributed by atoms with van der Waals surface area (Å²) < 4.78 is 1.79. The first-order valence-corrected chi connectivity index (χ1v) is 11.0. The Labute approximate surface area is 191 Å². The quantitative estimate of drug-likeness (QED) is 0.485. The van der Waals surface area contributed by atoms with Gasteiger partial charge >= 0.3 is 0 Å². The molecule has 0 unspecified atom stereocenters. The highest BCUT2D eigenvalue weighted by atomic mass is 35.5. The van der Waals surface area contributed by atoms with E-state index in [2.05, 4.69) is 21.4 Å². The summed E-state index contributed by atoms with van der Waals surface area (Å²) >= 11 is 6.06. The molecule has 32 heavy (non-hydrogen) atoms. The molecule has 1 aliphatic rings. The molecule has 7 nitrogen and oxygen atoms in total. The Morgan fingerprint density at radius 1 is 1.16 bits per heavy atom. The zero-order chi connectivity index (χ0) is 22.1. The number of piperidine rings is 1. The number of likely N-dealkylation sites (tertiary alicyclic amines) is 1. The number of nitrogens with zero attached hydrogens (tertiary/aromatic N) is 5. The van der Waals surface area contributed by atoms with Gasteiger partial charge in [-0.05, 0) is 56.2 Å². The Morgan fingerprint density at radius 3 is 2.91 bits per heavy atom. The lowest BCUT2D eigenvalue weighted by Gasteiger charge is -2.32. The molecule has 0 bridgehead atoms. The van der Waals surface area contributed by atoms with Gasteiger partial charge in [-0.15, -0.1) is 0 Å². The number of nitrogens with one attached hydrogen (secondary N) is 1. The number of fused-ring (bicyclic) bond motifs is 1. The second-order valence-corrected chi connectivity index (χ2v) is 8.53. The van der Waals surface area contributed by atoms with Crippen LogP contribution in [0.3, 0.4) is 0 Å². The molecule has 5 heterocycles. The van der Waals surface area contributed by atoms with Gasteiger partial charge in [0, 0.05) is 54.7 Å². The Balaban J connectivity index is 1.35. The molecule has 1 amide bonds. The zero-order valence-electron chi connectivity index (χ0n) is 17.7. The molecule has 0 saturated carbocycles. The molecule has 1 saturated heterocycles. The second-order valence-electron chi connectivity index (χ2n) is 8.09. The van der Waals surface area contributed by atoms with E-state index >= 15 is 0 Å². The highest BCUT2D eigenvalue weighted by Crippen LogP contribution is 2.29. The Hall–Kier alpha value is -3.45. The van der Waals surface area contributed by atoms with Crippen molar-refractivity contribution >= 4 is 34.7 Å². The average molecular weight is 447 g/mol. The van der Waals surface area contributed by atoms with Crippen molar-refractivity contribution in [1.29, 1.82) is 0 Å². The van der Waals surface area contributed by atoms with Crippen molar-refractivity contribution in [2.45, 2.75) is 25.7 Å². The van der Waals surface area contributed by atoms with Crippen LogP contribution in [0, 0.1) is 6.92 Å². The molecule has 8 heteroatoms. The number of imidazole rings is 1. The molecular weight excluding hydrogens is 424 g/mol. The summed E-state index contributed by atoms with van der Waals surface area (Å²) in [6.07, 6.45) is 7.17. The summed E-state index contributed by atoms with van der Waals surface area (Å²) in [5.41, 5.74) is 4.01. The number of hydrogen-bond donors (Lipinski definition) is 1. The van der Waals surface area contributed by atoms with E-state index in [1.807, 2.05) is 42.2 Å². The van der Waals surface area contributed by atoms with Crippen LogP contribution >= 0.6 is 11.6 Å². The zero-order valence-corrected chi connectivity index (χ0v) is 18.5. The van der Waals surface area contributed by atoms with Crippen LogP contribution in [-0.2, 0) is 0 Å². The largest absolute Gasteiger partial charge is 0.340 e. The van der Waals surface area contributed by atoms with Crippen molar-refractivity contribution in [2.24, 2.45) is 0 Å². The van der Waals surface area contributed by atoms with Gasteiger partial charge in [0.25, 0.3) is 5.91 Å². The van der Waals surface area contributed by atoms with Gasteiger partial charge in [0.05, 0.1) is 5.02 Å². The van der Waals surface area contributed by atoms with Crippen molar-refractivity contribution in [1.82, 2.24) is 24.3 Å². The molecule has 1 aliphatic heterocycles. The fraction of sp³-hybridized carbons (Fsp3) is 0.250. The number of aryl methyl sites for hydroxylation is 1. The lowest BCUT2D eigenvalue weighted by molar-refractivity contribution is 0.0700. The van der Waals surface area contributed by atoms with Crippen LogP contribution in [0.4, 0.5) is 11.5 Å². The minimum atomic E-state index is -0.0611. The normalized spacial score (nSPS) is 16.3. The number of amides is 1. The molecule has 0 aromatic carbocycles. The predicted octanol–water partition coefficient (Wildman–Crippen LogP) is 4.85. The molecule has 1 fully saturated rings. The molecule has 162 valence electrons. The SMILES string of the molecule is Cc1cc(Nc2ccccn2)cc([C@H]2CCCN(C(=O)c3cn4cc(Cl)ccc4n3)C2)n1. The van der Waals surface area contributed by atoms with Crippen LogP contribution in [-0.4, -0.2) is 43.2 Å². The maximum atomic E-state index is 13.2. The van der Waals surface area contributed by atoms with Crippen LogP contribution in [0.1, 0.15) is 40.6 Å². The third-order valence-electron chi connectivity index (χ3n) is 5.67. The van der Waals surface area contributed by atoms with E-state index in [0.29, 0.717) is 22.9 Å². The number of carbonyl (C=O) groups is 1. The van der Waals surface area contributed by atoms with Gasteiger partial charge in [0.2, 0.25) is 0 Å². The van der Waals surface area contributed by atoms with E-state index in [4.69, 9.17) is 16.6 Å². The Morgan fingerprint density at radius 2 is 2.06 bits per heavy atom. The van der Waals surface area contributed by atoms with Crippen molar-refractivity contribution in [2.75, 3.05) is 18.4 Å². The molecule has 0 spiro atoms. The summed E-state index contributed by atoms with van der Waals surface area (Å²) in [5.74, 6) is 0.897. The molecular formula is C24H23ClN6O. The second kappa shape index (κ2) is 8.59. The summed E-state index contributed by atoms with van der Waals surface area (Å²) in [6, 6.07) is 13.4. The van der Waals surface area contributed by atoms with Gasteiger partial charge in [-0.25, -0.2) is 9.97 Å². The topological polar surface area (TPSA) is 75.4 Å². The van der Waals surface area contributed by atoms with E-state index in [1.54, 1.807) is 29.1 Å². The Kier molecular flexibility index (Phi) is 5.49. The van der Waals surface area contributed by atoms with Gasteiger partial charge in [-0.1, -0.05) is 17.7 Å². The summed E-state index contributed by atoms with van der Waals surface area (Å²) in [7, 11) is 0. The summed E-state index contributed by atoms with van der Waals surface area (Å²) in [5, 5.41) is 3.95. The monoisotopic (exact) mass is 446 g/mol. The van der Waals surface area contributed by atoms with Crippen molar-refractivity contribution in [3.8, 4) is 0 Å². The highest BCUT2D eigenvalue weighted by molar-refractivity contribution is 6.30. The minimum Gasteiger partial charge on any atom is -0.340 e. The lowest BCUT2D eigenvalue weighted by Crippen LogP contribution is -2.39. The number of pyridine rings is 3. The minimum absolute atomic E-state index is 0.0611. The lowest BCUT2D eigenvalue weighted by atomic mass is 9.93. The number of aromatic nitrogens is 4. The Bertz CT molecular complexity index is 1270. The highest BCUT2D eigenvalue weighted by Gasteiger charge is 2.28. The van der Waals surface area contributed by atoms with E-state index < -0.39 is 0 Å². The molecule has 4 aromatic heterocycles. The van der Waals surface area contributed by atoms with Gasteiger partial charge in [0.1, 0.15) is 17.2 Å². The summed E-state index contributed by atoms with van der Waals surface area (Å²) in [6.45, 7) is 3.32. The first-order chi connectivity index (χ1) is 15.5. The standard InChI is InChI=1S/C24H23ClN6O/c1-16-11-19(28-22-6-2-3-9-26-22)12-20(27-16)17-5-4-10-30(13-17)24(32)21-15-31-14-18(25)7-8-23(31)29-21/h2-3,6-9,11-12,14-15,17H,4-5,10,13H2,1H3,(H,26,27,28)/t17-/m0/s1. The fourth-order valence-electron chi connectivity index (χ4n) is 4.19. The first-order valence-electron chi connectivity index (χ1n) is 10.7. The summed E-state index contributed by atoms with van der Waals surface area (Å²) in [4.78, 5) is 28.7. The molecule has 5 rings (SSSR count).